The smallest absolute Gasteiger partial charge is 0.246 e. The monoisotopic (exact) mass is 493 g/mol. The fourth-order valence-corrected chi connectivity index (χ4v) is 2.68. The van der Waals surface area contributed by atoms with Gasteiger partial charge in [0, 0.05) is 37.4 Å². The second kappa shape index (κ2) is 13.7. The van der Waals surface area contributed by atoms with E-state index in [1.807, 2.05) is 6.92 Å². The van der Waals surface area contributed by atoms with Crippen molar-refractivity contribution in [1.29, 1.82) is 0 Å². The van der Waals surface area contributed by atoms with E-state index in [0.717, 1.165) is 13.1 Å². The van der Waals surface area contributed by atoms with E-state index in [1.165, 1.54) is 12.1 Å². The van der Waals surface area contributed by atoms with Gasteiger partial charge in [-0.3, -0.25) is 9.69 Å². The molecule has 8 heteroatoms. The molecule has 0 radical (unpaired) electrons. The third kappa shape index (κ3) is 10.5. The highest BCUT2D eigenvalue weighted by atomic mass is 127. The summed E-state index contributed by atoms with van der Waals surface area (Å²) in [6, 6.07) is 6.73. The summed E-state index contributed by atoms with van der Waals surface area (Å²) in [7, 11) is 0. The number of nitrogens with zero attached hydrogens (tertiary/aromatic N) is 2. The van der Waals surface area contributed by atoms with E-state index in [9.17, 15) is 9.18 Å². The molecule has 0 saturated carbocycles. The lowest BCUT2D eigenvalue weighted by molar-refractivity contribution is -0.114. The Hall–Kier alpha value is -1.42. The predicted octanol–water partition coefficient (Wildman–Crippen LogP) is 3.06. The molecule has 1 aromatic rings. The third-order valence-electron chi connectivity index (χ3n) is 3.82. The van der Waals surface area contributed by atoms with Gasteiger partial charge in [0.2, 0.25) is 5.91 Å². The molecule has 1 aromatic carbocycles. The predicted molar refractivity (Wildman–Crippen MR) is 121 cm³/mol. The number of rotatable bonds is 9. The van der Waals surface area contributed by atoms with Gasteiger partial charge in [0.25, 0.3) is 0 Å². The highest BCUT2D eigenvalue weighted by molar-refractivity contribution is 14.0. The summed E-state index contributed by atoms with van der Waals surface area (Å²) in [6.07, 6.45) is 0. The summed E-state index contributed by atoms with van der Waals surface area (Å²) in [5, 5.41) is 9.00. The van der Waals surface area contributed by atoms with Gasteiger partial charge in [-0.2, -0.15) is 0 Å². The lowest BCUT2D eigenvalue weighted by Gasteiger charge is -2.30. The van der Waals surface area contributed by atoms with Crippen LogP contribution in [0, 0.1) is 5.82 Å². The van der Waals surface area contributed by atoms with Crippen molar-refractivity contribution in [3.05, 3.63) is 30.1 Å². The van der Waals surface area contributed by atoms with E-state index in [1.54, 1.807) is 12.1 Å². The van der Waals surface area contributed by atoms with Gasteiger partial charge < -0.3 is 16.0 Å². The lowest BCUT2D eigenvalue weighted by Crippen LogP contribution is -2.45. The third-order valence-corrected chi connectivity index (χ3v) is 3.82. The van der Waals surface area contributed by atoms with Crippen LogP contribution in [-0.2, 0) is 4.79 Å². The van der Waals surface area contributed by atoms with Crippen molar-refractivity contribution in [3.8, 4) is 0 Å². The second-order valence-corrected chi connectivity index (χ2v) is 6.61. The zero-order valence-corrected chi connectivity index (χ0v) is 19.2. The van der Waals surface area contributed by atoms with Crippen LogP contribution in [0.4, 0.5) is 10.1 Å². The van der Waals surface area contributed by atoms with Crippen LogP contribution in [0.25, 0.3) is 0 Å². The number of carbonyl (C=O) groups is 1. The van der Waals surface area contributed by atoms with Crippen LogP contribution in [0.2, 0.25) is 0 Å². The van der Waals surface area contributed by atoms with Crippen LogP contribution in [0.1, 0.15) is 34.6 Å². The van der Waals surface area contributed by atoms with Crippen molar-refractivity contribution in [3.63, 3.8) is 0 Å². The van der Waals surface area contributed by atoms with Crippen LogP contribution in [0.5, 0.6) is 0 Å². The number of benzene rings is 1. The Morgan fingerprint density at radius 3 is 2.41 bits per heavy atom. The number of hydrogen-bond acceptors (Lipinski definition) is 3. The summed E-state index contributed by atoms with van der Waals surface area (Å²) in [6.45, 7) is 13.0. The first-order valence-electron chi connectivity index (χ1n) is 9.16. The molecular formula is C19H33FIN5O. The van der Waals surface area contributed by atoms with Crippen molar-refractivity contribution in [2.45, 2.75) is 46.7 Å². The first-order chi connectivity index (χ1) is 12.3. The van der Waals surface area contributed by atoms with Crippen molar-refractivity contribution in [2.24, 2.45) is 4.99 Å². The molecule has 6 nitrogen and oxygen atoms in total. The highest BCUT2D eigenvalue weighted by Gasteiger charge is 2.12. The van der Waals surface area contributed by atoms with Crippen LogP contribution in [-0.4, -0.2) is 55.0 Å². The topological polar surface area (TPSA) is 68.8 Å². The van der Waals surface area contributed by atoms with E-state index < -0.39 is 0 Å². The zero-order chi connectivity index (χ0) is 19.5. The van der Waals surface area contributed by atoms with Gasteiger partial charge in [0.1, 0.15) is 12.4 Å². The molecule has 3 N–H and O–H groups in total. The van der Waals surface area contributed by atoms with E-state index in [2.05, 4.69) is 53.5 Å². The van der Waals surface area contributed by atoms with Crippen LogP contribution in [0.15, 0.2) is 29.3 Å². The molecule has 1 rings (SSSR count). The molecule has 0 saturated heterocycles. The molecule has 1 amide bonds. The molecule has 0 aliphatic carbocycles. The van der Waals surface area contributed by atoms with E-state index in [0.29, 0.717) is 30.3 Å². The minimum atomic E-state index is -0.388. The number of carbonyl (C=O) groups excluding carboxylic acids is 1. The molecular weight excluding hydrogens is 460 g/mol. The molecule has 27 heavy (non-hydrogen) atoms. The van der Waals surface area contributed by atoms with E-state index >= 15 is 0 Å². The maximum Gasteiger partial charge on any atom is 0.246 e. The Balaban J connectivity index is 0.00000676. The van der Waals surface area contributed by atoms with Crippen LogP contribution < -0.4 is 16.0 Å². The molecule has 0 spiro atoms. The number of amides is 1. The van der Waals surface area contributed by atoms with Crippen molar-refractivity contribution < 1.29 is 9.18 Å². The van der Waals surface area contributed by atoms with Gasteiger partial charge >= 0.3 is 0 Å². The first-order valence-corrected chi connectivity index (χ1v) is 9.16. The number of aliphatic imine (C=N–C) groups is 1. The molecule has 0 aliphatic heterocycles. The van der Waals surface area contributed by atoms with E-state index in [4.69, 9.17) is 0 Å². The highest BCUT2D eigenvalue weighted by Crippen LogP contribution is 2.08. The Bertz CT molecular complexity index is 587. The molecule has 0 fully saturated rings. The standard InChI is InChI=1S/C19H32FN5O.HI/c1-6-21-19(22-10-11-25(14(2)3)15(4)5)23-13-18(26)24-17-9-7-8-16(20)12-17;/h7-9,12,14-15H,6,10-11,13H2,1-5H3,(H,24,26)(H2,21,22,23);1H. The molecule has 0 aliphatic rings. The van der Waals surface area contributed by atoms with Gasteiger partial charge in [0.15, 0.2) is 5.96 Å². The summed E-state index contributed by atoms with van der Waals surface area (Å²) >= 11 is 0. The maximum absolute atomic E-state index is 13.1. The number of hydrogen-bond donors (Lipinski definition) is 3. The van der Waals surface area contributed by atoms with Gasteiger partial charge in [-0.15, -0.1) is 24.0 Å². The average molecular weight is 493 g/mol. The Kier molecular flexibility index (Phi) is 13.0. The molecule has 0 unspecified atom stereocenters. The molecule has 0 atom stereocenters. The number of nitrogens with one attached hydrogen (secondary N) is 3. The molecule has 154 valence electrons. The first kappa shape index (κ1) is 25.6. The quantitative estimate of drug-likeness (QED) is 0.281. The summed E-state index contributed by atoms with van der Waals surface area (Å²) in [4.78, 5) is 18.7. The SMILES string of the molecule is CCNC(=NCC(=O)Nc1cccc(F)c1)NCCN(C(C)C)C(C)C.I. The van der Waals surface area contributed by atoms with Crippen LogP contribution in [0.3, 0.4) is 0 Å². The fraction of sp³-hybridized carbons (Fsp3) is 0.579. The lowest BCUT2D eigenvalue weighted by atomic mass is 10.2. The molecule has 0 heterocycles. The Morgan fingerprint density at radius 2 is 1.85 bits per heavy atom. The molecule has 0 aromatic heterocycles. The largest absolute Gasteiger partial charge is 0.357 e. The normalized spacial score (nSPS) is 11.5. The van der Waals surface area contributed by atoms with Gasteiger partial charge in [0.05, 0.1) is 0 Å². The van der Waals surface area contributed by atoms with E-state index in [-0.39, 0.29) is 42.2 Å². The summed E-state index contributed by atoms with van der Waals surface area (Å²) in [5.74, 6) is -0.0886. The average Bonchev–Trinajstić information content (AvgIpc) is 2.55. The second-order valence-electron chi connectivity index (χ2n) is 6.61. The minimum Gasteiger partial charge on any atom is -0.357 e. The van der Waals surface area contributed by atoms with Crippen molar-refractivity contribution in [1.82, 2.24) is 15.5 Å². The zero-order valence-electron chi connectivity index (χ0n) is 16.9. The number of guanidine groups is 1. The number of anilines is 1. The minimum absolute atomic E-state index is 0. The van der Waals surface area contributed by atoms with Gasteiger partial charge in [-0.25, -0.2) is 9.38 Å². The van der Waals surface area contributed by atoms with Gasteiger partial charge in [-0.1, -0.05) is 6.07 Å². The van der Waals surface area contributed by atoms with Crippen molar-refractivity contribution in [2.75, 3.05) is 31.5 Å². The van der Waals surface area contributed by atoms with Crippen LogP contribution >= 0.6 is 24.0 Å². The maximum atomic E-state index is 13.1. The molecule has 0 bridgehead atoms. The number of halogens is 2. The fourth-order valence-electron chi connectivity index (χ4n) is 2.68. The Morgan fingerprint density at radius 1 is 1.19 bits per heavy atom. The summed E-state index contributed by atoms with van der Waals surface area (Å²) in [5.41, 5.74) is 0.424. The van der Waals surface area contributed by atoms with Gasteiger partial charge in [-0.05, 0) is 52.8 Å². The summed E-state index contributed by atoms with van der Waals surface area (Å²) < 4.78 is 13.1. The van der Waals surface area contributed by atoms with Crippen molar-refractivity contribution >= 4 is 41.5 Å². The Labute approximate surface area is 179 Å².